The van der Waals surface area contributed by atoms with Crippen LogP contribution in [0.2, 0.25) is 0 Å². The van der Waals surface area contributed by atoms with Crippen LogP contribution in [0.4, 0.5) is 0 Å². The van der Waals surface area contributed by atoms with Gasteiger partial charge in [0.05, 0.1) is 6.21 Å². The third kappa shape index (κ3) is 2.32. The molecule has 0 aliphatic carbocycles. The molecule has 2 nitrogen and oxygen atoms in total. The maximum atomic E-state index is 8.28. The van der Waals surface area contributed by atoms with Crippen molar-refractivity contribution in [2.24, 2.45) is 5.16 Å². The van der Waals surface area contributed by atoms with Crippen LogP contribution in [0.15, 0.2) is 27.8 Å². The first-order valence-electron chi connectivity index (χ1n) is 3.29. The van der Waals surface area contributed by atoms with E-state index in [9.17, 15) is 0 Å². The number of benzene rings is 1. The van der Waals surface area contributed by atoms with Gasteiger partial charge in [-0.15, -0.1) is 0 Å². The number of hydrogen-bond donors (Lipinski definition) is 1. The third-order valence-corrected chi connectivity index (χ3v) is 2.77. The first-order valence-corrected chi connectivity index (χ1v) is 5.21. The van der Waals surface area contributed by atoms with Crippen molar-refractivity contribution in [1.29, 1.82) is 0 Å². The van der Waals surface area contributed by atoms with Gasteiger partial charge in [0.1, 0.15) is 0 Å². The summed E-state index contributed by atoms with van der Waals surface area (Å²) >= 11 is 6.76. The van der Waals surface area contributed by atoms with Gasteiger partial charge < -0.3 is 5.21 Å². The highest BCUT2D eigenvalue weighted by Crippen LogP contribution is 2.20. The van der Waals surface area contributed by atoms with E-state index in [0.29, 0.717) is 0 Å². The van der Waals surface area contributed by atoms with E-state index in [1.54, 1.807) is 0 Å². The second-order valence-corrected chi connectivity index (χ2v) is 3.64. The molecule has 1 aromatic rings. The molecule has 0 saturated heterocycles. The van der Waals surface area contributed by atoms with Gasteiger partial charge >= 0.3 is 0 Å². The minimum Gasteiger partial charge on any atom is -0.411 e. The van der Waals surface area contributed by atoms with Crippen molar-refractivity contribution in [3.63, 3.8) is 0 Å². The molecule has 0 amide bonds. The summed E-state index contributed by atoms with van der Waals surface area (Å²) in [6, 6.07) is 5.76. The van der Waals surface area contributed by atoms with E-state index >= 15 is 0 Å². The summed E-state index contributed by atoms with van der Waals surface area (Å²) in [5.74, 6) is 0. The van der Waals surface area contributed by atoms with E-state index < -0.39 is 0 Å². The Kier molecular flexibility index (Phi) is 3.75. The van der Waals surface area contributed by atoms with Crippen LogP contribution in [0.5, 0.6) is 0 Å². The van der Waals surface area contributed by atoms with Crippen LogP contribution in [-0.4, -0.2) is 11.4 Å². The zero-order valence-corrected chi connectivity index (χ0v) is 9.34. The lowest BCUT2D eigenvalue weighted by Gasteiger charge is -2.00. The molecule has 1 rings (SSSR count). The summed E-state index contributed by atoms with van der Waals surface area (Å²) in [5, 5.41) is 12.0. The maximum absolute atomic E-state index is 8.28. The van der Waals surface area contributed by atoms with Crippen molar-refractivity contribution in [3.05, 3.63) is 33.8 Å². The minimum absolute atomic E-state index is 0.810. The summed E-state index contributed by atoms with van der Waals surface area (Å²) in [5.41, 5.74) is 2.04. The summed E-state index contributed by atoms with van der Waals surface area (Å²) in [7, 11) is 0. The lowest BCUT2D eigenvalue weighted by molar-refractivity contribution is 0.322. The highest BCUT2D eigenvalue weighted by atomic mass is 79.9. The average Bonchev–Trinajstić information content (AvgIpc) is 2.05. The van der Waals surface area contributed by atoms with Gasteiger partial charge in [-0.2, -0.15) is 0 Å². The van der Waals surface area contributed by atoms with Gasteiger partial charge in [-0.25, -0.2) is 0 Å². The largest absolute Gasteiger partial charge is 0.411 e. The molecule has 12 heavy (non-hydrogen) atoms. The fourth-order valence-electron chi connectivity index (χ4n) is 0.819. The van der Waals surface area contributed by atoms with Gasteiger partial charge in [-0.3, -0.25) is 0 Å². The molecule has 0 saturated carbocycles. The first kappa shape index (κ1) is 9.74. The molecule has 0 spiro atoms. The number of nitrogens with zero attached hydrogens (tertiary/aromatic N) is 1. The van der Waals surface area contributed by atoms with Crippen LogP contribution in [0, 0.1) is 0 Å². The fraction of sp³-hybridized carbons (Fsp3) is 0.125. The lowest BCUT2D eigenvalue weighted by atomic mass is 10.2. The van der Waals surface area contributed by atoms with Gasteiger partial charge in [-0.05, 0) is 17.2 Å². The van der Waals surface area contributed by atoms with Crippen LogP contribution in [0.3, 0.4) is 0 Å². The topological polar surface area (TPSA) is 32.6 Å². The second-order valence-electron chi connectivity index (χ2n) is 2.23. The van der Waals surface area contributed by atoms with Gasteiger partial charge in [0.25, 0.3) is 0 Å². The summed E-state index contributed by atoms with van der Waals surface area (Å²) in [6.07, 6.45) is 1.39. The summed E-state index contributed by atoms with van der Waals surface area (Å²) < 4.78 is 1.01. The molecule has 0 aliphatic heterocycles. The van der Waals surface area contributed by atoms with Crippen LogP contribution >= 0.6 is 31.9 Å². The Hall–Kier alpha value is -0.350. The van der Waals surface area contributed by atoms with E-state index in [4.69, 9.17) is 5.21 Å². The molecule has 0 heterocycles. The Morgan fingerprint density at radius 2 is 2.25 bits per heavy atom. The molecule has 0 fully saturated rings. The molecule has 64 valence electrons. The van der Waals surface area contributed by atoms with E-state index in [0.717, 1.165) is 15.4 Å². The van der Waals surface area contributed by atoms with Crippen LogP contribution in [-0.2, 0) is 5.33 Å². The normalized spacial score (nSPS) is 10.8. The number of alkyl halides is 1. The predicted molar refractivity (Wildman–Crippen MR) is 56.2 cm³/mol. The van der Waals surface area contributed by atoms with Crippen LogP contribution in [0.1, 0.15) is 11.1 Å². The second kappa shape index (κ2) is 4.62. The van der Waals surface area contributed by atoms with Crippen molar-refractivity contribution in [1.82, 2.24) is 0 Å². The van der Waals surface area contributed by atoms with Crippen LogP contribution in [0.25, 0.3) is 0 Å². The molecular formula is C8H7Br2NO. The zero-order chi connectivity index (χ0) is 8.97. The number of hydrogen-bond acceptors (Lipinski definition) is 2. The smallest absolute Gasteiger partial charge is 0.0734 e. The third-order valence-electron chi connectivity index (χ3n) is 1.43. The zero-order valence-electron chi connectivity index (χ0n) is 6.17. The molecule has 1 N–H and O–H groups in total. The molecule has 1 aromatic carbocycles. The van der Waals surface area contributed by atoms with E-state index in [2.05, 4.69) is 37.0 Å². The first-order chi connectivity index (χ1) is 5.77. The molecular weight excluding hydrogens is 286 g/mol. The Labute approximate surface area is 87.5 Å². The van der Waals surface area contributed by atoms with Gasteiger partial charge in [-0.1, -0.05) is 49.1 Å². The molecule has 4 heteroatoms. The SMILES string of the molecule is ON=Cc1ccc(CBr)c(Br)c1. The number of rotatable bonds is 2. The van der Waals surface area contributed by atoms with Crippen molar-refractivity contribution in [2.75, 3.05) is 0 Å². The predicted octanol–water partition coefficient (Wildman–Crippen LogP) is 3.15. The lowest BCUT2D eigenvalue weighted by Crippen LogP contribution is -1.85. The number of oxime groups is 1. The maximum Gasteiger partial charge on any atom is 0.0734 e. The Morgan fingerprint density at radius 1 is 1.50 bits per heavy atom. The minimum atomic E-state index is 0.810. The van der Waals surface area contributed by atoms with E-state index in [1.807, 2.05) is 18.2 Å². The summed E-state index contributed by atoms with van der Waals surface area (Å²) in [4.78, 5) is 0. The van der Waals surface area contributed by atoms with Gasteiger partial charge in [0.2, 0.25) is 0 Å². The van der Waals surface area contributed by atoms with Crippen molar-refractivity contribution in [3.8, 4) is 0 Å². The van der Waals surface area contributed by atoms with E-state index in [1.165, 1.54) is 11.8 Å². The molecule has 0 aromatic heterocycles. The highest BCUT2D eigenvalue weighted by molar-refractivity contribution is 9.10. The Bertz CT molecular complexity index is 299. The summed E-state index contributed by atoms with van der Waals surface area (Å²) in [6.45, 7) is 0. The molecule has 0 aliphatic rings. The average molecular weight is 293 g/mol. The highest BCUT2D eigenvalue weighted by Gasteiger charge is 1.97. The molecule has 0 unspecified atom stereocenters. The van der Waals surface area contributed by atoms with Crippen molar-refractivity contribution < 1.29 is 5.21 Å². The Balaban J connectivity index is 3.01. The molecule has 0 bridgehead atoms. The van der Waals surface area contributed by atoms with Crippen LogP contribution < -0.4 is 0 Å². The molecule has 0 atom stereocenters. The van der Waals surface area contributed by atoms with Crippen molar-refractivity contribution in [2.45, 2.75) is 5.33 Å². The van der Waals surface area contributed by atoms with Gasteiger partial charge in [0, 0.05) is 9.80 Å². The van der Waals surface area contributed by atoms with E-state index in [-0.39, 0.29) is 0 Å². The molecule has 0 radical (unpaired) electrons. The monoisotopic (exact) mass is 291 g/mol. The number of halogens is 2. The van der Waals surface area contributed by atoms with Gasteiger partial charge in [0.15, 0.2) is 0 Å². The van der Waals surface area contributed by atoms with Crippen molar-refractivity contribution >= 4 is 38.1 Å². The quantitative estimate of drug-likeness (QED) is 0.386. The Morgan fingerprint density at radius 3 is 2.75 bits per heavy atom. The standard InChI is InChI=1S/C8H7Br2NO/c9-4-7-2-1-6(5-11-12)3-8(7)10/h1-3,5,12H,4H2. The fourth-order valence-corrected chi connectivity index (χ4v) is 2.22.